The Morgan fingerprint density at radius 3 is 2.94 bits per heavy atom. The van der Waals surface area contributed by atoms with Crippen LogP contribution in [0.25, 0.3) is 0 Å². The smallest absolute Gasteiger partial charge is 0.241 e. The molecule has 1 aliphatic rings. The summed E-state index contributed by atoms with van der Waals surface area (Å²) in [5.41, 5.74) is 5.86. The first-order valence-electron chi connectivity index (χ1n) is 5.53. The van der Waals surface area contributed by atoms with Crippen molar-refractivity contribution in [3.8, 4) is 0 Å². The van der Waals surface area contributed by atoms with Crippen molar-refractivity contribution in [2.24, 2.45) is 11.3 Å². The Labute approximate surface area is 95.0 Å². The van der Waals surface area contributed by atoms with E-state index in [2.05, 4.69) is 24.3 Å². The van der Waals surface area contributed by atoms with Crippen molar-refractivity contribution in [2.45, 2.75) is 26.8 Å². The van der Waals surface area contributed by atoms with E-state index in [-0.39, 0.29) is 12.5 Å². The molecule has 88 valence electrons. The molecular weight excluding hydrogens is 204 g/mol. The van der Waals surface area contributed by atoms with E-state index in [4.69, 9.17) is 5.73 Å². The van der Waals surface area contributed by atoms with Crippen molar-refractivity contribution >= 4 is 11.7 Å². The van der Waals surface area contributed by atoms with Gasteiger partial charge in [0, 0.05) is 12.7 Å². The first-order valence-corrected chi connectivity index (χ1v) is 5.53. The van der Waals surface area contributed by atoms with Crippen molar-refractivity contribution < 1.29 is 4.79 Å². The Morgan fingerprint density at radius 2 is 2.44 bits per heavy atom. The molecule has 0 aliphatic heterocycles. The number of amides is 1. The van der Waals surface area contributed by atoms with E-state index >= 15 is 0 Å². The fraction of sp³-hybridized carbons (Fsp3) is 0.636. The topological polar surface area (TPSA) is 72.9 Å². The minimum atomic E-state index is -0.00852. The van der Waals surface area contributed by atoms with Crippen molar-refractivity contribution in [2.75, 3.05) is 12.3 Å². The highest BCUT2D eigenvalue weighted by molar-refractivity contribution is 5.75. The van der Waals surface area contributed by atoms with Gasteiger partial charge in [-0.3, -0.25) is 9.48 Å². The zero-order valence-electron chi connectivity index (χ0n) is 9.73. The first-order chi connectivity index (χ1) is 7.47. The van der Waals surface area contributed by atoms with Crippen LogP contribution in [0.2, 0.25) is 0 Å². The minimum Gasteiger partial charge on any atom is -0.382 e. The fourth-order valence-corrected chi connectivity index (χ4v) is 1.83. The van der Waals surface area contributed by atoms with Crippen LogP contribution in [0, 0.1) is 11.3 Å². The summed E-state index contributed by atoms with van der Waals surface area (Å²) in [6.45, 7) is 5.45. The van der Waals surface area contributed by atoms with Gasteiger partial charge in [0.15, 0.2) is 0 Å². The van der Waals surface area contributed by atoms with Gasteiger partial charge in [0.05, 0.1) is 0 Å². The first kappa shape index (κ1) is 11.0. The fourth-order valence-electron chi connectivity index (χ4n) is 1.83. The van der Waals surface area contributed by atoms with Crippen LogP contribution in [0.5, 0.6) is 0 Å². The number of rotatable bonds is 4. The molecule has 1 atom stereocenters. The van der Waals surface area contributed by atoms with Gasteiger partial charge in [-0.2, -0.15) is 5.10 Å². The lowest BCUT2D eigenvalue weighted by atomic mass is 10.1. The van der Waals surface area contributed by atoms with Gasteiger partial charge in [0.2, 0.25) is 5.91 Å². The Kier molecular flexibility index (Phi) is 2.61. The number of aromatic nitrogens is 2. The summed E-state index contributed by atoms with van der Waals surface area (Å²) in [7, 11) is 0. The predicted octanol–water partition coefficient (Wildman–Crippen LogP) is 0.628. The number of nitrogens with two attached hydrogens (primary N) is 1. The molecule has 0 spiro atoms. The van der Waals surface area contributed by atoms with Gasteiger partial charge in [0.25, 0.3) is 0 Å². The molecule has 1 unspecified atom stereocenters. The van der Waals surface area contributed by atoms with E-state index in [1.165, 1.54) is 6.42 Å². The second-order valence-electron chi connectivity index (χ2n) is 5.13. The Hall–Kier alpha value is -1.52. The molecular formula is C11H18N4O. The maximum atomic E-state index is 11.6. The third-order valence-corrected chi connectivity index (χ3v) is 3.23. The summed E-state index contributed by atoms with van der Waals surface area (Å²) in [5, 5.41) is 6.87. The predicted molar refractivity (Wildman–Crippen MR) is 61.5 cm³/mol. The lowest BCUT2D eigenvalue weighted by molar-refractivity contribution is -0.121. The molecule has 0 radical (unpaired) electrons. The number of nitrogens with one attached hydrogen (secondary N) is 1. The normalized spacial score (nSPS) is 21.8. The molecule has 1 heterocycles. The quantitative estimate of drug-likeness (QED) is 0.784. The van der Waals surface area contributed by atoms with Gasteiger partial charge in [-0.15, -0.1) is 0 Å². The maximum Gasteiger partial charge on any atom is 0.241 e. The lowest BCUT2D eigenvalue weighted by Crippen LogP contribution is -2.30. The molecule has 1 aromatic heterocycles. The van der Waals surface area contributed by atoms with E-state index in [0.29, 0.717) is 17.2 Å². The van der Waals surface area contributed by atoms with Gasteiger partial charge < -0.3 is 11.1 Å². The molecule has 0 aromatic carbocycles. The van der Waals surface area contributed by atoms with Crippen molar-refractivity contribution in [1.82, 2.24) is 15.1 Å². The third-order valence-electron chi connectivity index (χ3n) is 3.23. The van der Waals surface area contributed by atoms with Gasteiger partial charge >= 0.3 is 0 Å². The SMILES string of the molecule is CC1(C)CC1CNC(=O)Cn1ccc(N)n1. The molecule has 2 rings (SSSR count). The third kappa shape index (κ3) is 2.53. The Bertz CT molecular complexity index is 396. The van der Waals surface area contributed by atoms with Gasteiger partial charge in [0.1, 0.15) is 12.4 Å². The highest BCUT2D eigenvalue weighted by atomic mass is 16.2. The number of carbonyl (C=O) groups is 1. The minimum absolute atomic E-state index is 0.00852. The summed E-state index contributed by atoms with van der Waals surface area (Å²) < 4.78 is 1.54. The molecule has 1 aliphatic carbocycles. The summed E-state index contributed by atoms with van der Waals surface area (Å²) >= 11 is 0. The largest absolute Gasteiger partial charge is 0.382 e. The van der Waals surface area contributed by atoms with Crippen molar-refractivity contribution in [3.63, 3.8) is 0 Å². The van der Waals surface area contributed by atoms with Crippen LogP contribution in [0.15, 0.2) is 12.3 Å². The van der Waals surface area contributed by atoms with Crippen LogP contribution in [0.3, 0.4) is 0 Å². The molecule has 1 fully saturated rings. The van der Waals surface area contributed by atoms with Crippen LogP contribution < -0.4 is 11.1 Å². The standard InChI is InChI=1S/C11H18N4O/c1-11(2)5-8(11)6-13-10(16)7-15-4-3-9(12)14-15/h3-4,8H,5-7H2,1-2H3,(H2,12,14)(H,13,16). The molecule has 16 heavy (non-hydrogen) atoms. The average Bonchev–Trinajstić information content (AvgIpc) is 2.57. The van der Waals surface area contributed by atoms with E-state index in [1.807, 2.05) is 0 Å². The van der Waals surface area contributed by atoms with Gasteiger partial charge in [-0.25, -0.2) is 0 Å². The monoisotopic (exact) mass is 222 g/mol. The van der Waals surface area contributed by atoms with Crippen LogP contribution in [0.1, 0.15) is 20.3 Å². The molecule has 0 bridgehead atoms. The van der Waals surface area contributed by atoms with E-state index in [1.54, 1.807) is 16.9 Å². The van der Waals surface area contributed by atoms with Crippen LogP contribution in [0.4, 0.5) is 5.82 Å². The summed E-state index contributed by atoms with van der Waals surface area (Å²) in [4.78, 5) is 11.6. The number of hydrogen-bond acceptors (Lipinski definition) is 3. The van der Waals surface area contributed by atoms with Gasteiger partial charge in [-0.05, 0) is 23.8 Å². The van der Waals surface area contributed by atoms with E-state index in [0.717, 1.165) is 6.54 Å². The molecule has 5 nitrogen and oxygen atoms in total. The number of nitrogen functional groups attached to an aromatic ring is 1. The lowest BCUT2D eigenvalue weighted by Gasteiger charge is -2.06. The molecule has 1 amide bonds. The summed E-state index contributed by atoms with van der Waals surface area (Å²) in [6.07, 6.45) is 2.90. The highest BCUT2D eigenvalue weighted by Gasteiger charge is 2.45. The Balaban J connectivity index is 1.73. The van der Waals surface area contributed by atoms with Crippen LogP contribution in [-0.2, 0) is 11.3 Å². The van der Waals surface area contributed by atoms with Crippen molar-refractivity contribution in [3.05, 3.63) is 12.3 Å². The molecule has 5 heteroatoms. The molecule has 1 aromatic rings. The molecule has 0 saturated heterocycles. The highest BCUT2D eigenvalue weighted by Crippen LogP contribution is 2.50. The van der Waals surface area contributed by atoms with Crippen LogP contribution in [-0.4, -0.2) is 22.2 Å². The van der Waals surface area contributed by atoms with Crippen LogP contribution >= 0.6 is 0 Å². The van der Waals surface area contributed by atoms with Gasteiger partial charge in [-0.1, -0.05) is 13.8 Å². The molecule has 1 saturated carbocycles. The number of carbonyl (C=O) groups excluding carboxylic acids is 1. The maximum absolute atomic E-state index is 11.6. The number of hydrogen-bond donors (Lipinski definition) is 2. The second kappa shape index (κ2) is 3.81. The number of anilines is 1. The molecule has 3 N–H and O–H groups in total. The van der Waals surface area contributed by atoms with E-state index in [9.17, 15) is 4.79 Å². The van der Waals surface area contributed by atoms with Crippen molar-refractivity contribution in [1.29, 1.82) is 0 Å². The summed E-state index contributed by atoms with van der Waals surface area (Å²) in [6, 6.07) is 1.68. The average molecular weight is 222 g/mol. The van der Waals surface area contributed by atoms with E-state index < -0.39 is 0 Å². The summed E-state index contributed by atoms with van der Waals surface area (Å²) in [5.74, 6) is 1.06. The second-order valence-corrected chi connectivity index (χ2v) is 5.13. The zero-order chi connectivity index (χ0) is 11.8. The zero-order valence-corrected chi connectivity index (χ0v) is 9.73. The number of nitrogens with zero attached hydrogens (tertiary/aromatic N) is 2. The Morgan fingerprint density at radius 1 is 1.75 bits per heavy atom.